The van der Waals surface area contributed by atoms with Crippen molar-refractivity contribution in [2.45, 2.75) is 32.2 Å². The molecule has 0 aromatic heterocycles. The van der Waals surface area contributed by atoms with Crippen LogP contribution in [0.2, 0.25) is 0 Å². The van der Waals surface area contributed by atoms with Crippen LogP contribution in [0.15, 0.2) is 0 Å². The van der Waals surface area contributed by atoms with Crippen LogP contribution in [-0.4, -0.2) is 56.7 Å². The molecule has 1 aliphatic rings. The molecule has 1 aliphatic heterocycles. The standard InChI is InChI=1S/C13H27N3O2.2ClH/c1-3-6-16-7-4-11(5-8-16)9-15-13(17)12(14)10-18-2;;/h11-12H,3-10,14H2,1-2H3,(H,15,17);2*1H. The number of nitrogens with zero attached hydrogens (tertiary/aromatic N) is 1. The Kier molecular flexibility index (Phi) is 14.1. The Morgan fingerprint density at radius 2 is 2.00 bits per heavy atom. The molecule has 1 saturated heterocycles. The fourth-order valence-electron chi connectivity index (χ4n) is 2.36. The molecule has 0 aliphatic carbocycles. The predicted molar refractivity (Wildman–Crippen MR) is 86.8 cm³/mol. The third-order valence-electron chi connectivity index (χ3n) is 3.49. The topological polar surface area (TPSA) is 67.6 Å². The van der Waals surface area contributed by atoms with Crippen molar-refractivity contribution < 1.29 is 9.53 Å². The smallest absolute Gasteiger partial charge is 0.239 e. The van der Waals surface area contributed by atoms with Gasteiger partial charge in [-0.1, -0.05) is 6.92 Å². The minimum atomic E-state index is -0.546. The zero-order valence-corrected chi connectivity index (χ0v) is 14.1. The number of nitrogens with one attached hydrogen (secondary N) is 1. The van der Waals surface area contributed by atoms with Gasteiger partial charge in [0.25, 0.3) is 0 Å². The van der Waals surface area contributed by atoms with Crippen molar-refractivity contribution in [2.75, 3.05) is 39.9 Å². The van der Waals surface area contributed by atoms with E-state index in [4.69, 9.17) is 10.5 Å². The fourth-order valence-corrected chi connectivity index (χ4v) is 2.36. The highest BCUT2D eigenvalue weighted by Gasteiger charge is 2.20. The molecule has 0 radical (unpaired) electrons. The minimum absolute atomic E-state index is 0. The first-order valence-corrected chi connectivity index (χ1v) is 6.92. The summed E-state index contributed by atoms with van der Waals surface area (Å²) in [6.45, 7) is 6.73. The average Bonchev–Trinajstić information content (AvgIpc) is 2.38. The molecule has 3 N–H and O–H groups in total. The molecule has 7 heteroatoms. The molecule has 20 heavy (non-hydrogen) atoms. The third kappa shape index (κ3) is 8.27. The molecule has 1 amide bonds. The molecule has 5 nitrogen and oxygen atoms in total. The van der Waals surface area contributed by atoms with Crippen LogP contribution in [0.1, 0.15) is 26.2 Å². The van der Waals surface area contributed by atoms with Crippen LogP contribution in [0.5, 0.6) is 0 Å². The summed E-state index contributed by atoms with van der Waals surface area (Å²) in [6.07, 6.45) is 3.55. The van der Waals surface area contributed by atoms with Crippen LogP contribution in [0, 0.1) is 5.92 Å². The summed E-state index contributed by atoms with van der Waals surface area (Å²) in [4.78, 5) is 14.1. The monoisotopic (exact) mass is 329 g/mol. The van der Waals surface area contributed by atoms with Gasteiger partial charge in [0.05, 0.1) is 6.61 Å². The Morgan fingerprint density at radius 1 is 1.40 bits per heavy atom. The number of halogens is 2. The normalized spacial score (nSPS) is 17.8. The van der Waals surface area contributed by atoms with Crippen molar-refractivity contribution in [1.82, 2.24) is 10.2 Å². The van der Waals surface area contributed by atoms with E-state index in [1.807, 2.05) is 0 Å². The van der Waals surface area contributed by atoms with Gasteiger partial charge in [-0.15, -0.1) is 24.8 Å². The van der Waals surface area contributed by atoms with E-state index in [2.05, 4.69) is 17.1 Å². The van der Waals surface area contributed by atoms with Crippen LogP contribution in [-0.2, 0) is 9.53 Å². The highest BCUT2D eigenvalue weighted by Crippen LogP contribution is 2.16. The Bertz CT molecular complexity index is 250. The Labute approximate surface area is 134 Å². The maximum absolute atomic E-state index is 11.6. The van der Waals surface area contributed by atoms with Crippen molar-refractivity contribution >= 4 is 30.7 Å². The van der Waals surface area contributed by atoms with E-state index in [-0.39, 0.29) is 37.3 Å². The molecule has 0 aromatic rings. The van der Waals surface area contributed by atoms with Gasteiger partial charge in [-0.05, 0) is 44.8 Å². The summed E-state index contributed by atoms with van der Waals surface area (Å²) in [5, 5.41) is 2.92. The molecule has 122 valence electrons. The second-order valence-electron chi connectivity index (χ2n) is 5.09. The van der Waals surface area contributed by atoms with E-state index in [9.17, 15) is 4.79 Å². The number of amides is 1. The Morgan fingerprint density at radius 3 is 2.50 bits per heavy atom. The molecule has 0 bridgehead atoms. The summed E-state index contributed by atoms with van der Waals surface area (Å²) in [6, 6.07) is -0.546. The molecule has 1 fully saturated rings. The van der Waals surface area contributed by atoms with Gasteiger partial charge in [0.2, 0.25) is 5.91 Å². The highest BCUT2D eigenvalue weighted by atomic mass is 35.5. The first-order valence-electron chi connectivity index (χ1n) is 6.92. The number of methoxy groups -OCH3 is 1. The molecule has 0 aromatic carbocycles. The van der Waals surface area contributed by atoms with Gasteiger partial charge in [-0.25, -0.2) is 0 Å². The van der Waals surface area contributed by atoms with Crippen LogP contribution >= 0.6 is 24.8 Å². The molecule has 1 heterocycles. The van der Waals surface area contributed by atoms with E-state index in [1.165, 1.54) is 25.8 Å². The second-order valence-corrected chi connectivity index (χ2v) is 5.09. The van der Waals surface area contributed by atoms with Crippen LogP contribution in [0.3, 0.4) is 0 Å². The summed E-state index contributed by atoms with van der Waals surface area (Å²) in [5.74, 6) is 0.490. The van der Waals surface area contributed by atoms with Crippen molar-refractivity contribution in [2.24, 2.45) is 11.7 Å². The fraction of sp³-hybridized carbons (Fsp3) is 0.923. The summed E-state index contributed by atoms with van der Waals surface area (Å²) < 4.78 is 4.87. The Balaban J connectivity index is 0. The zero-order valence-electron chi connectivity index (χ0n) is 12.5. The lowest BCUT2D eigenvalue weighted by Crippen LogP contribution is -2.46. The Hall–Kier alpha value is -0.0700. The number of rotatable bonds is 7. The molecule has 0 saturated carbocycles. The van der Waals surface area contributed by atoms with Crippen LogP contribution in [0.4, 0.5) is 0 Å². The van der Waals surface area contributed by atoms with Gasteiger partial charge in [0, 0.05) is 13.7 Å². The molecule has 1 rings (SSSR count). The molecule has 1 atom stereocenters. The largest absolute Gasteiger partial charge is 0.383 e. The van der Waals surface area contributed by atoms with Crippen molar-refractivity contribution in [3.05, 3.63) is 0 Å². The van der Waals surface area contributed by atoms with Crippen LogP contribution in [0.25, 0.3) is 0 Å². The number of hydrogen-bond acceptors (Lipinski definition) is 4. The molecule has 0 spiro atoms. The number of carbonyl (C=O) groups excluding carboxylic acids is 1. The molecule has 1 unspecified atom stereocenters. The van der Waals surface area contributed by atoms with Crippen molar-refractivity contribution in [3.8, 4) is 0 Å². The van der Waals surface area contributed by atoms with Gasteiger partial charge in [-0.3, -0.25) is 4.79 Å². The van der Waals surface area contributed by atoms with E-state index >= 15 is 0 Å². The lowest BCUT2D eigenvalue weighted by atomic mass is 9.96. The van der Waals surface area contributed by atoms with Gasteiger partial charge in [0.1, 0.15) is 6.04 Å². The van der Waals surface area contributed by atoms with Gasteiger partial charge >= 0.3 is 0 Å². The number of piperidine rings is 1. The van der Waals surface area contributed by atoms with E-state index in [0.29, 0.717) is 5.92 Å². The predicted octanol–water partition coefficient (Wildman–Crippen LogP) is 1.04. The van der Waals surface area contributed by atoms with Gasteiger partial charge in [-0.2, -0.15) is 0 Å². The van der Waals surface area contributed by atoms with Crippen molar-refractivity contribution in [1.29, 1.82) is 0 Å². The number of hydrogen-bond donors (Lipinski definition) is 2. The van der Waals surface area contributed by atoms with Gasteiger partial charge in [0.15, 0.2) is 0 Å². The number of nitrogens with two attached hydrogens (primary N) is 1. The van der Waals surface area contributed by atoms with E-state index in [1.54, 1.807) is 7.11 Å². The maximum Gasteiger partial charge on any atom is 0.239 e. The molecular formula is C13H29Cl2N3O2. The summed E-state index contributed by atoms with van der Waals surface area (Å²) in [5.41, 5.74) is 5.66. The number of carbonyl (C=O) groups is 1. The minimum Gasteiger partial charge on any atom is -0.383 e. The SMILES string of the molecule is CCCN1CCC(CNC(=O)C(N)COC)CC1.Cl.Cl. The average molecular weight is 330 g/mol. The maximum atomic E-state index is 11.6. The number of ether oxygens (including phenoxy) is 1. The van der Waals surface area contributed by atoms with Crippen molar-refractivity contribution in [3.63, 3.8) is 0 Å². The number of likely N-dealkylation sites (tertiary alicyclic amines) is 1. The summed E-state index contributed by atoms with van der Waals surface area (Å²) in [7, 11) is 1.55. The summed E-state index contributed by atoms with van der Waals surface area (Å²) >= 11 is 0. The quantitative estimate of drug-likeness (QED) is 0.732. The second kappa shape index (κ2) is 12.7. The first-order chi connectivity index (χ1) is 8.67. The van der Waals surface area contributed by atoms with Gasteiger partial charge < -0.3 is 20.7 Å². The third-order valence-corrected chi connectivity index (χ3v) is 3.49. The lowest BCUT2D eigenvalue weighted by molar-refractivity contribution is -0.123. The van der Waals surface area contributed by atoms with Crippen LogP contribution < -0.4 is 11.1 Å². The first kappa shape index (κ1) is 22.2. The van der Waals surface area contributed by atoms with E-state index in [0.717, 1.165) is 19.6 Å². The molecular weight excluding hydrogens is 301 g/mol. The lowest BCUT2D eigenvalue weighted by Gasteiger charge is -2.31. The van der Waals surface area contributed by atoms with E-state index < -0.39 is 6.04 Å². The zero-order chi connectivity index (χ0) is 13.4. The highest BCUT2D eigenvalue weighted by molar-refractivity contribution is 5.85.